The lowest BCUT2D eigenvalue weighted by atomic mass is 9.99. The molecular weight excluding hydrogens is 250 g/mol. The van der Waals surface area contributed by atoms with Gasteiger partial charge in [0.1, 0.15) is 24.4 Å². The molecule has 18 heavy (non-hydrogen) atoms. The van der Waals surface area contributed by atoms with E-state index in [0.717, 1.165) is 0 Å². The van der Waals surface area contributed by atoms with Crippen molar-refractivity contribution in [2.24, 2.45) is 5.73 Å². The zero-order valence-corrected chi connectivity index (χ0v) is 9.42. The van der Waals surface area contributed by atoms with E-state index in [0.29, 0.717) is 0 Å². The lowest BCUT2D eigenvalue weighted by molar-refractivity contribution is -0.310. The number of ether oxygens (including phenoxy) is 2. The largest absolute Gasteiger partial charge is 0.394 e. The number of nitrogens with two attached hydrogens (primary N) is 1. The summed E-state index contributed by atoms with van der Waals surface area (Å²) in [5.74, 6) is -0.977. The van der Waals surface area contributed by atoms with E-state index in [1.807, 2.05) is 0 Å². The first-order chi connectivity index (χ1) is 8.42. The molecule has 0 aromatic heterocycles. The quantitative estimate of drug-likeness (QED) is 0.291. The summed E-state index contributed by atoms with van der Waals surface area (Å²) < 4.78 is 9.85. The van der Waals surface area contributed by atoms with E-state index in [1.165, 1.54) is 0 Å². The van der Waals surface area contributed by atoms with E-state index >= 15 is 0 Å². The predicted octanol–water partition coefficient (Wildman–Crippen LogP) is -4.35. The van der Waals surface area contributed by atoms with Gasteiger partial charge in [-0.05, 0) is 0 Å². The van der Waals surface area contributed by atoms with E-state index in [2.05, 4.69) is 0 Å². The van der Waals surface area contributed by atoms with Gasteiger partial charge in [-0.3, -0.25) is 4.79 Å². The normalized spacial score (nSPS) is 38.4. The fourth-order valence-corrected chi connectivity index (χ4v) is 1.54. The minimum Gasteiger partial charge on any atom is -0.394 e. The number of hydrogen-bond donors (Lipinski definition) is 6. The molecule has 0 saturated carbocycles. The Morgan fingerprint density at radius 2 is 1.83 bits per heavy atom. The molecule has 0 aliphatic carbocycles. The van der Waals surface area contributed by atoms with Gasteiger partial charge in [0.05, 0.1) is 13.2 Å². The number of carbonyl (C=O) groups is 1. The molecule has 0 aromatic rings. The summed E-state index contributed by atoms with van der Waals surface area (Å²) in [5.41, 5.74) is 4.92. The second-order valence-corrected chi connectivity index (χ2v) is 3.91. The highest BCUT2D eigenvalue weighted by Gasteiger charge is 2.45. The highest BCUT2D eigenvalue weighted by atomic mass is 16.7. The van der Waals surface area contributed by atoms with Crippen LogP contribution in [0.25, 0.3) is 0 Å². The average molecular weight is 267 g/mol. The van der Waals surface area contributed by atoms with Gasteiger partial charge in [0.15, 0.2) is 12.4 Å². The Balaban J connectivity index is 2.72. The number of amides is 1. The molecule has 1 amide bonds. The van der Waals surface area contributed by atoms with E-state index in [1.54, 1.807) is 0 Å². The summed E-state index contributed by atoms with van der Waals surface area (Å²) in [4.78, 5) is 10.8. The van der Waals surface area contributed by atoms with Crippen molar-refractivity contribution < 1.29 is 39.8 Å². The van der Waals surface area contributed by atoms with Crippen molar-refractivity contribution in [2.75, 3.05) is 13.2 Å². The zero-order valence-electron chi connectivity index (χ0n) is 9.42. The maximum absolute atomic E-state index is 10.8. The predicted molar refractivity (Wildman–Crippen MR) is 54.9 cm³/mol. The molecule has 106 valence electrons. The second kappa shape index (κ2) is 6.38. The molecule has 9 heteroatoms. The molecule has 3 unspecified atom stereocenters. The van der Waals surface area contributed by atoms with E-state index in [9.17, 15) is 20.1 Å². The molecule has 0 bridgehead atoms. The van der Waals surface area contributed by atoms with Crippen LogP contribution in [0.1, 0.15) is 0 Å². The number of hydrogen-bond acceptors (Lipinski definition) is 8. The Hall–Kier alpha value is -0.810. The maximum atomic E-state index is 10.8. The van der Waals surface area contributed by atoms with Gasteiger partial charge in [0, 0.05) is 0 Å². The van der Waals surface area contributed by atoms with Crippen LogP contribution in [-0.4, -0.2) is 81.5 Å². The van der Waals surface area contributed by atoms with Crippen LogP contribution in [0, 0.1) is 0 Å². The number of aliphatic hydroxyl groups is 5. The summed E-state index contributed by atoms with van der Waals surface area (Å²) in [5, 5.41) is 46.2. The Morgan fingerprint density at radius 3 is 2.28 bits per heavy atom. The second-order valence-electron chi connectivity index (χ2n) is 3.91. The molecule has 1 fully saturated rings. The van der Waals surface area contributed by atoms with Gasteiger partial charge in [0.25, 0.3) is 0 Å². The van der Waals surface area contributed by atoms with Gasteiger partial charge >= 0.3 is 0 Å². The molecule has 1 saturated heterocycles. The first kappa shape index (κ1) is 15.2. The summed E-state index contributed by atoms with van der Waals surface area (Å²) >= 11 is 0. The first-order valence-corrected chi connectivity index (χ1v) is 5.28. The number of primary amides is 1. The third-order valence-corrected chi connectivity index (χ3v) is 2.63. The third-order valence-electron chi connectivity index (χ3n) is 2.63. The molecule has 7 N–H and O–H groups in total. The number of carbonyl (C=O) groups excluding carboxylic acids is 1. The third kappa shape index (κ3) is 3.14. The van der Waals surface area contributed by atoms with Crippen LogP contribution in [0.5, 0.6) is 0 Å². The molecule has 1 rings (SSSR count). The number of aliphatic hydroxyl groups excluding tert-OH is 5. The van der Waals surface area contributed by atoms with Gasteiger partial charge in [-0.15, -0.1) is 0 Å². The Kier molecular flexibility index (Phi) is 5.41. The molecule has 0 aromatic carbocycles. The summed E-state index contributed by atoms with van der Waals surface area (Å²) in [6, 6.07) is 0. The highest BCUT2D eigenvalue weighted by molar-refractivity contribution is 5.78. The first-order valence-electron chi connectivity index (χ1n) is 5.28. The molecule has 1 aliphatic heterocycles. The van der Waals surface area contributed by atoms with Crippen LogP contribution in [0.3, 0.4) is 0 Å². The van der Waals surface area contributed by atoms with Gasteiger partial charge in [-0.25, -0.2) is 0 Å². The molecule has 1 aliphatic rings. The summed E-state index contributed by atoms with van der Waals surface area (Å²) in [7, 11) is 0. The molecule has 1 heterocycles. The van der Waals surface area contributed by atoms with Crippen molar-refractivity contribution in [3.8, 4) is 0 Å². The fraction of sp³-hybridized carbons (Fsp3) is 0.889. The van der Waals surface area contributed by atoms with Crippen LogP contribution in [0.4, 0.5) is 0 Å². The molecule has 0 radical (unpaired) electrons. The monoisotopic (exact) mass is 267 g/mol. The van der Waals surface area contributed by atoms with Gasteiger partial charge in [0.2, 0.25) is 5.91 Å². The Morgan fingerprint density at radius 1 is 1.22 bits per heavy atom. The topological polar surface area (TPSA) is 163 Å². The molecular formula is C9H17NO8. The SMILES string of the molecule is NC(=O)C(CO)O[C@H]1OC(CO)[C@H](O)C(O)[C@@H]1O. The van der Waals surface area contributed by atoms with Crippen molar-refractivity contribution in [1.29, 1.82) is 0 Å². The van der Waals surface area contributed by atoms with Crippen LogP contribution in [-0.2, 0) is 14.3 Å². The van der Waals surface area contributed by atoms with Crippen molar-refractivity contribution in [3.63, 3.8) is 0 Å². The molecule has 6 atom stereocenters. The van der Waals surface area contributed by atoms with Crippen molar-refractivity contribution >= 4 is 5.91 Å². The van der Waals surface area contributed by atoms with Crippen molar-refractivity contribution in [3.05, 3.63) is 0 Å². The minimum absolute atomic E-state index is 0.620. The molecule has 0 spiro atoms. The highest BCUT2D eigenvalue weighted by Crippen LogP contribution is 2.22. The van der Waals surface area contributed by atoms with Crippen LogP contribution in [0.15, 0.2) is 0 Å². The van der Waals surface area contributed by atoms with Gasteiger partial charge in [-0.1, -0.05) is 0 Å². The number of rotatable bonds is 5. The van der Waals surface area contributed by atoms with Crippen molar-refractivity contribution in [1.82, 2.24) is 0 Å². The summed E-state index contributed by atoms with van der Waals surface area (Å²) in [6.07, 6.45) is -8.85. The molecule has 9 nitrogen and oxygen atoms in total. The van der Waals surface area contributed by atoms with Gasteiger partial charge < -0.3 is 40.7 Å². The van der Waals surface area contributed by atoms with Crippen LogP contribution in [0.2, 0.25) is 0 Å². The fourth-order valence-electron chi connectivity index (χ4n) is 1.54. The Labute approximate surface area is 102 Å². The van der Waals surface area contributed by atoms with Crippen LogP contribution >= 0.6 is 0 Å². The van der Waals surface area contributed by atoms with E-state index in [-0.39, 0.29) is 0 Å². The van der Waals surface area contributed by atoms with E-state index < -0.39 is 55.9 Å². The average Bonchev–Trinajstić information content (AvgIpc) is 2.35. The van der Waals surface area contributed by atoms with Crippen LogP contribution < -0.4 is 5.73 Å². The maximum Gasteiger partial charge on any atom is 0.249 e. The zero-order chi connectivity index (χ0) is 13.9. The van der Waals surface area contributed by atoms with Gasteiger partial charge in [-0.2, -0.15) is 0 Å². The smallest absolute Gasteiger partial charge is 0.249 e. The summed E-state index contributed by atoms with van der Waals surface area (Å²) in [6.45, 7) is -1.35. The lowest BCUT2D eigenvalue weighted by Crippen LogP contribution is -2.60. The Bertz CT molecular complexity index is 286. The van der Waals surface area contributed by atoms with Crippen molar-refractivity contribution in [2.45, 2.75) is 36.8 Å². The lowest BCUT2D eigenvalue weighted by Gasteiger charge is -2.40. The minimum atomic E-state index is -1.64. The van der Waals surface area contributed by atoms with E-state index in [4.69, 9.17) is 25.4 Å². The standard InChI is InChI=1S/C9H17NO8/c10-8(16)4(2-12)18-9-7(15)6(14)5(13)3(1-11)17-9/h3-7,9,11-15H,1-2H2,(H2,10,16)/t3?,4?,5-,6?,7-,9+/m0/s1.